The lowest BCUT2D eigenvalue weighted by Crippen LogP contribution is -2.23. The highest BCUT2D eigenvalue weighted by molar-refractivity contribution is 5.86. The molecule has 0 aliphatic carbocycles. The summed E-state index contributed by atoms with van der Waals surface area (Å²) in [6, 6.07) is 0. The minimum absolute atomic E-state index is 0.193. The summed E-state index contributed by atoms with van der Waals surface area (Å²) in [7, 11) is 0. The van der Waals surface area contributed by atoms with Gasteiger partial charge in [0.2, 0.25) is 5.91 Å². The third kappa shape index (κ3) is 16.8. The van der Waals surface area contributed by atoms with Gasteiger partial charge in [0.1, 0.15) is 6.73 Å². The number of carbonyl (C=O) groups excluding carboxylic acids is 2. The predicted octanol–water partition coefficient (Wildman–Crippen LogP) is 1.80. The highest BCUT2D eigenvalue weighted by Gasteiger charge is 1.90. The lowest BCUT2D eigenvalue weighted by Gasteiger charge is -2.02. The summed E-state index contributed by atoms with van der Waals surface area (Å²) in [5.41, 5.74) is 0. The van der Waals surface area contributed by atoms with Crippen molar-refractivity contribution in [1.82, 2.24) is 5.32 Å². The molecule has 1 N–H and O–H groups in total. The molecule has 5 nitrogen and oxygen atoms in total. The van der Waals surface area contributed by atoms with Crippen molar-refractivity contribution in [2.24, 2.45) is 0 Å². The topological polar surface area (TPSA) is 64.6 Å². The SMILES string of the molecule is C=CC(=O)NCOCCCC.C=CC(=O)OCC. The minimum Gasteiger partial charge on any atom is -0.463 e. The van der Waals surface area contributed by atoms with Crippen molar-refractivity contribution < 1.29 is 19.1 Å². The molecule has 0 aromatic carbocycles. The van der Waals surface area contributed by atoms with E-state index in [0.29, 0.717) is 13.2 Å². The Hall–Kier alpha value is -1.62. The maximum absolute atomic E-state index is 10.5. The van der Waals surface area contributed by atoms with Crippen LogP contribution in [-0.4, -0.2) is 31.8 Å². The quantitative estimate of drug-likeness (QED) is 0.312. The molecule has 0 aliphatic heterocycles. The zero-order chi connectivity index (χ0) is 14.2. The van der Waals surface area contributed by atoms with Crippen LogP contribution < -0.4 is 5.32 Å². The van der Waals surface area contributed by atoms with Gasteiger partial charge in [0.25, 0.3) is 0 Å². The largest absolute Gasteiger partial charge is 0.463 e. The van der Waals surface area contributed by atoms with Gasteiger partial charge in [0, 0.05) is 12.7 Å². The number of rotatable bonds is 8. The summed E-state index contributed by atoms with van der Waals surface area (Å²) >= 11 is 0. The highest BCUT2D eigenvalue weighted by atomic mass is 16.5. The van der Waals surface area contributed by atoms with Gasteiger partial charge in [0.05, 0.1) is 6.61 Å². The average Bonchev–Trinajstić information content (AvgIpc) is 2.39. The van der Waals surface area contributed by atoms with E-state index < -0.39 is 0 Å². The van der Waals surface area contributed by atoms with Crippen molar-refractivity contribution in [2.45, 2.75) is 26.7 Å². The monoisotopic (exact) mass is 257 g/mol. The van der Waals surface area contributed by atoms with E-state index in [9.17, 15) is 9.59 Å². The van der Waals surface area contributed by atoms with Crippen molar-refractivity contribution >= 4 is 11.9 Å². The molecule has 5 heteroatoms. The van der Waals surface area contributed by atoms with Crippen molar-refractivity contribution in [2.75, 3.05) is 19.9 Å². The van der Waals surface area contributed by atoms with E-state index in [0.717, 1.165) is 18.9 Å². The second-order valence-corrected chi connectivity index (χ2v) is 3.11. The van der Waals surface area contributed by atoms with Crippen molar-refractivity contribution in [1.29, 1.82) is 0 Å². The molecular formula is C13H23NO4. The molecule has 1 amide bonds. The van der Waals surface area contributed by atoms with Crippen molar-refractivity contribution in [3.05, 3.63) is 25.3 Å². The van der Waals surface area contributed by atoms with Gasteiger partial charge in [-0.2, -0.15) is 0 Å². The van der Waals surface area contributed by atoms with Gasteiger partial charge in [-0.05, 0) is 19.4 Å². The number of carbonyl (C=O) groups is 2. The number of hydrogen-bond acceptors (Lipinski definition) is 4. The summed E-state index contributed by atoms with van der Waals surface area (Å²) < 4.78 is 9.50. The van der Waals surface area contributed by atoms with E-state index in [2.05, 4.69) is 30.1 Å². The van der Waals surface area contributed by atoms with Crippen LogP contribution in [0.3, 0.4) is 0 Å². The van der Waals surface area contributed by atoms with Crippen molar-refractivity contribution in [3.63, 3.8) is 0 Å². The molecule has 0 saturated heterocycles. The molecule has 0 spiro atoms. The van der Waals surface area contributed by atoms with E-state index in [1.165, 1.54) is 6.08 Å². The van der Waals surface area contributed by atoms with Crippen molar-refractivity contribution in [3.8, 4) is 0 Å². The average molecular weight is 257 g/mol. The number of ether oxygens (including phenoxy) is 2. The van der Waals surface area contributed by atoms with Crippen LogP contribution in [0.4, 0.5) is 0 Å². The summed E-state index contributed by atoms with van der Waals surface area (Å²) in [5, 5.41) is 2.51. The first-order valence-electron chi connectivity index (χ1n) is 5.89. The predicted molar refractivity (Wildman–Crippen MR) is 70.9 cm³/mol. The van der Waals surface area contributed by atoms with E-state index >= 15 is 0 Å². The van der Waals surface area contributed by atoms with Gasteiger partial charge < -0.3 is 14.8 Å². The first kappa shape index (κ1) is 18.7. The second-order valence-electron chi connectivity index (χ2n) is 3.11. The molecule has 18 heavy (non-hydrogen) atoms. The highest BCUT2D eigenvalue weighted by Crippen LogP contribution is 1.85. The molecule has 0 fully saturated rings. The molecular weight excluding hydrogens is 234 g/mol. The fourth-order valence-electron chi connectivity index (χ4n) is 0.714. The van der Waals surface area contributed by atoms with E-state index in [1.807, 2.05) is 0 Å². The third-order valence-corrected chi connectivity index (χ3v) is 1.63. The zero-order valence-electron chi connectivity index (χ0n) is 11.2. The van der Waals surface area contributed by atoms with Crippen LogP contribution in [0.1, 0.15) is 26.7 Å². The molecule has 0 radical (unpaired) electrons. The number of nitrogens with one attached hydrogen (secondary N) is 1. The van der Waals surface area contributed by atoms with Gasteiger partial charge in [-0.15, -0.1) is 0 Å². The summed E-state index contributed by atoms with van der Waals surface area (Å²) in [4.78, 5) is 20.6. The lowest BCUT2D eigenvalue weighted by molar-refractivity contribution is -0.137. The van der Waals surface area contributed by atoms with Gasteiger partial charge in [-0.3, -0.25) is 4.79 Å². The Kier molecular flexibility index (Phi) is 16.0. The Labute approximate surface area is 109 Å². The van der Waals surface area contributed by atoms with E-state index in [4.69, 9.17) is 4.74 Å². The van der Waals surface area contributed by atoms with Gasteiger partial charge >= 0.3 is 5.97 Å². The van der Waals surface area contributed by atoms with Crippen LogP contribution in [0.25, 0.3) is 0 Å². The van der Waals surface area contributed by atoms with E-state index in [-0.39, 0.29) is 18.6 Å². The maximum Gasteiger partial charge on any atom is 0.330 e. The molecule has 0 bridgehead atoms. The third-order valence-electron chi connectivity index (χ3n) is 1.63. The van der Waals surface area contributed by atoms with Crippen LogP contribution in [0.5, 0.6) is 0 Å². The molecule has 0 rings (SSSR count). The number of unbranched alkanes of at least 4 members (excludes halogenated alkanes) is 1. The summed E-state index contributed by atoms with van der Waals surface area (Å²) in [6.07, 6.45) is 4.51. The first-order chi connectivity index (χ1) is 8.62. The fourth-order valence-corrected chi connectivity index (χ4v) is 0.714. The standard InChI is InChI=1S/C8H15NO2.C5H8O2/c1-3-5-6-11-7-9-8(10)4-2;1-3-5(6)7-4-2/h4H,2-3,5-7H2,1H3,(H,9,10);3H,1,4H2,2H3. The lowest BCUT2D eigenvalue weighted by atomic mass is 10.4. The van der Waals surface area contributed by atoms with Gasteiger partial charge in [0.15, 0.2) is 0 Å². The molecule has 0 unspecified atom stereocenters. The summed E-state index contributed by atoms with van der Waals surface area (Å²) in [6.45, 7) is 11.8. The van der Waals surface area contributed by atoms with Gasteiger partial charge in [-0.1, -0.05) is 26.5 Å². The molecule has 0 aromatic rings. The van der Waals surface area contributed by atoms with Crippen LogP contribution >= 0.6 is 0 Å². The normalized spacial score (nSPS) is 8.56. The number of amides is 1. The first-order valence-corrected chi connectivity index (χ1v) is 5.89. The second kappa shape index (κ2) is 15.4. The number of hydrogen-bond donors (Lipinski definition) is 1. The Morgan fingerprint density at radius 2 is 1.89 bits per heavy atom. The Balaban J connectivity index is 0. The minimum atomic E-state index is -0.359. The molecule has 0 saturated carbocycles. The Morgan fingerprint density at radius 3 is 2.28 bits per heavy atom. The molecule has 104 valence electrons. The Bertz CT molecular complexity index is 251. The van der Waals surface area contributed by atoms with Crippen LogP contribution in [0.2, 0.25) is 0 Å². The van der Waals surface area contributed by atoms with Crippen LogP contribution in [0, 0.1) is 0 Å². The van der Waals surface area contributed by atoms with Crippen LogP contribution in [-0.2, 0) is 19.1 Å². The van der Waals surface area contributed by atoms with Crippen LogP contribution in [0.15, 0.2) is 25.3 Å². The van der Waals surface area contributed by atoms with E-state index in [1.54, 1.807) is 6.92 Å². The molecule has 0 atom stereocenters. The van der Waals surface area contributed by atoms with Gasteiger partial charge in [-0.25, -0.2) is 4.79 Å². The molecule has 0 heterocycles. The summed E-state index contributed by atoms with van der Waals surface area (Å²) in [5.74, 6) is -0.552. The zero-order valence-corrected chi connectivity index (χ0v) is 11.2. The fraction of sp³-hybridized carbons (Fsp3) is 0.538. The maximum atomic E-state index is 10.5. The smallest absolute Gasteiger partial charge is 0.330 e. The molecule has 0 aliphatic rings. The number of esters is 1. The Morgan fingerprint density at radius 1 is 1.22 bits per heavy atom. The molecule has 0 aromatic heterocycles.